The number of nitrogens with one attached hydrogen (secondary N) is 1. The van der Waals surface area contributed by atoms with Crippen molar-refractivity contribution in [3.05, 3.63) is 77.9 Å². The Bertz CT molecular complexity index is 542. The van der Waals surface area contributed by atoms with Gasteiger partial charge in [0.2, 0.25) is 0 Å². The van der Waals surface area contributed by atoms with Crippen molar-refractivity contribution in [2.45, 2.75) is 12.5 Å². The second-order valence-corrected chi connectivity index (χ2v) is 4.45. The van der Waals surface area contributed by atoms with Crippen molar-refractivity contribution < 1.29 is 0 Å². The molecule has 1 aliphatic heterocycles. The summed E-state index contributed by atoms with van der Waals surface area (Å²) >= 11 is 0. The maximum Gasteiger partial charge on any atom is 0.0560 e. The van der Waals surface area contributed by atoms with Gasteiger partial charge in [-0.2, -0.15) is 0 Å². The lowest BCUT2D eigenvalue weighted by atomic mass is 9.98. The van der Waals surface area contributed by atoms with Crippen molar-refractivity contribution in [3.63, 3.8) is 0 Å². The molecule has 0 fully saturated rings. The largest absolute Gasteiger partial charge is 0.378 e. The van der Waals surface area contributed by atoms with Crippen LogP contribution in [0.25, 0.3) is 5.70 Å². The Morgan fingerprint density at radius 3 is 2.47 bits per heavy atom. The van der Waals surface area contributed by atoms with Crippen LogP contribution in [0.3, 0.4) is 0 Å². The molecule has 2 aromatic rings. The Kier molecular flexibility index (Phi) is 2.45. The van der Waals surface area contributed by atoms with Gasteiger partial charge in [0.25, 0.3) is 0 Å². The van der Waals surface area contributed by atoms with Gasteiger partial charge in [0.1, 0.15) is 0 Å². The van der Waals surface area contributed by atoms with Crippen LogP contribution in [0.1, 0.15) is 22.7 Å². The van der Waals surface area contributed by atoms with Crippen LogP contribution in [0.5, 0.6) is 0 Å². The summed E-state index contributed by atoms with van der Waals surface area (Å²) in [5, 5.41) is 3.47. The van der Waals surface area contributed by atoms with Crippen LogP contribution in [-0.2, 0) is 6.42 Å². The molecule has 0 spiro atoms. The normalized spacial score (nSPS) is 17.6. The summed E-state index contributed by atoms with van der Waals surface area (Å²) in [6.45, 7) is 4.08. The molecule has 1 aliphatic rings. The molecular formula is C16H15N. The summed E-state index contributed by atoms with van der Waals surface area (Å²) in [5.74, 6) is 0. The van der Waals surface area contributed by atoms with Gasteiger partial charge in [-0.15, -0.1) is 0 Å². The second-order valence-electron chi connectivity index (χ2n) is 4.45. The zero-order valence-electron chi connectivity index (χ0n) is 9.69. The van der Waals surface area contributed by atoms with Crippen molar-refractivity contribution >= 4 is 5.70 Å². The third kappa shape index (κ3) is 1.84. The molecule has 1 heterocycles. The number of fused-ring (bicyclic) bond motifs is 1. The van der Waals surface area contributed by atoms with E-state index >= 15 is 0 Å². The van der Waals surface area contributed by atoms with E-state index in [1.165, 1.54) is 16.7 Å². The summed E-state index contributed by atoms with van der Waals surface area (Å²) in [5.41, 5.74) is 5.02. The minimum atomic E-state index is 0.362. The molecule has 0 aliphatic carbocycles. The van der Waals surface area contributed by atoms with E-state index in [-0.39, 0.29) is 0 Å². The van der Waals surface area contributed by atoms with Crippen LogP contribution in [0, 0.1) is 0 Å². The molecule has 1 atom stereocenters. The highest BCUT2D eigenvalue weighted by Gasteiger charge is 2.23. The predicted octanol–water partition coefficient (Wildman–Crippen LogP) is 3.54. The third-order valence-electron chi connectivity index (χ3n) is 3.29. The van der Waals surface area contributed by atoms with Crippen LogP contribution in [0.2, 0.25) is 0 Å². The monoisotopic (exact) mass is 221 g/mol. The van der Waals surface area contributed by atoms with E-state index < -0.39 is 0 Å². The molecule has 1 nitrogen and oxygen atoms in total. The minimum absolute atomic E-state index is 0.362. The molecule has 0 saturated carbocycles. The smallest absolute Gasteiger partial charge is 0.0560 e. The molecule has 0 radical (unpaired) electrons. The maximum atomic E-state index is 4.08. The third-order valence-corrected chi connectivity index (χ3v) is 3.29. The first-order valence-corrected chi connectivity index (χ1v) is 5.93. The maximum absolute atomic E-state index is 4.08. The zero-order chi connectivity index (χ0) is 11.7. The second kappa shape index (κ2) is 4.10. The molecule has 3 rings (SSSR count). The first kappa shape index (κ1) is 10.2. The van der Waals surface area contributed by atoms with Crippen molar-refractivity contribution in [2.24, 2.45) is 0 Å². The summed E-state index contributed by atoms with van der Waals surface area (Å²) in [4.78, 5) is 0. The number of hydrogen-bond acceptors (Lipinski definition) is 1. The Balaban J connectivity index is 1.90. The molecule has 0 amide bonds. The molecule has 84 valence electrons. The lowest BCUT2D eigenvalue weighted by Crippen LogP contribution is -2.13. The lowest BCUT2D eigenvalue weighted by Gasteiger charge is -2.12. The average Bonchev–Trinajstić information content (AvgIpc) is 2.69. The van der Waals surface area contributed by atoms with E-state index in [9.17, 15) is 0 Å². The predicted molar refractivity (Wildman–Crippen MR) is 71.5 cm³/mol. The molecule has 2 aromatic carbocycles. The molecule has 1 unspecified atom stereocenters. The SMILES string of the molecule is C=C1NC(Cc2ccccc2)c2ccccc21. The molecular weight excluding hydrogens is 206 g/mol. The first-order valence-electron chi connectivity index (χ1n) is 5.93. The summed E-state index contributed by atoms with van der Waals surface area (Å²) in [6, 6.07) is 19.4. The van der Waals surface area contributed by atoms with E-state index in [1.807, 2.05) is 0 Å². The molecule has 1 N–H and O–H groups in total. The van der Waals surface area contributed by atoms with Crippen LogP contribution in [0.4, 0.5) is 0 Å². The quantitative estimate of drug-likeness (QED) is 0.817. The van der Waals surface area contributed by atoms with Crippen LogP contribution < -0.4 is 5.32 Å². The molecule has 1 heteroatoms. The molecule has 0 saturated heterocycles. The van der Waals surface area contributed by atoms with Gasteiger partial charge in [-0.1, -0.05) is 61.2 Å². The summed E-state index contributed by atoms with van der Waals surface area (Å²) in [7, 11) is 0. The van der Waals surface area contributed by atoms with Crippen LogP contribution in [0.15, 0.2) is 61.2 Å². The number of hydrogen-bond donors (Lipinski definition) is 1. The highest BCUT2D eigenvalue weighted by atomic mass is 15.0. The topological polar surface area (TPSA) is 12.0 Å². The lowest BCUT2D eigenvalue weighted by molar-refractivity contribution is 0.659. The van der Waals surface area contributed by atoms with Gasteiger partial charge in [-0.25, -0.2) is 0 Å². The standard InChI is InChI=1S/C16H15N/c1-12-14-9-5-6-10-15(14)16(17-12)11-13-7-3-2-4-8-13/h2-10,16-17H,1,11H2. The van der Waals surface area contributed by atoms with Gasteiger partial charge >= 0.3 is 0 Å². The van der Waals surface area contributed by atoms with Crippen molar-refractivity contribution in [2.75, 3.05) is 0 Å². The Morgan fingerprint density at radius 2 is 1.65 bits per heavy atom. The van der Waals surface area contributed by atoms with Gasteiger partial charge < -0.3 is 5.32 Å². The van der Waals surface area contributed by atoms with Gasteiger partial charge in [-0.05, 0) is 17.5 Å². The van der Waals surface area contributed by atoms with Gasteiger partial charge in [0.15, 0.2) is 0 Å². The van der Waals surface area contributed by atoms with Crippen LogP contribution in [-0.4, -0.2) is 0 Å². The molecule has 0 bridgehead atoms. The van der Waals surface area contributed by atoms with E-state index in [0.717, 1.165) is 12.1 Å². The van der Waals surface area contributed by atoms with E-state index in [4.69, 9.17) is 0 Å². The Labute approximate surface area is 102 Å². The van der Waals surface area contributed by atoms with Gasteiger partial charge in [0.05, 0.1) is 6.04 Å². The fourth-order valence-electron chi connectivity index (χ4n) is 2.45. The van der Waals surface area contributed by atoms with E-state index in [1.54, 1.807) is 0 Å². The first-order chi connectivity index (χ1) is 8.34. The minimum Gasteiger partial charge on any atom is -0.378 e. The average molecular weight is 221 g/mol. The number of rotatable bonds is 2. The Hall–Kier alpha value is -2.02. The summed E-state index contributed by atoms with van der Waals surface area (Å²) in [6.07, 6.45) is 1.01. The highest BCUT2D eigenvalue weighted by molar-refractivity contribution is 5.70. The van der Waals surface area contributed by atoms with Crippen molar-refractivity contribution in [1.82, 2.24) is 5.32 Å². The van der Waals surface area contributed by atoms with Gasteiger partial charge in [0, 0.05) is 11.3 Å². The molecule has 17 heavy (non-hydrogen) atoms. The highest BCUT2D eigenvalue weighted by Crippen LogP contribution is 2.33. The van der Waals surface area contributed by atoms with E-state index in [0.29, 0.717) is 6.04 Å². The molecule has 0 aromatic heterocycles. The number of benzene rings is 2. The van der Waals surface area contributed by atoms with Crippen molar-refractivity contribution in [1.29, 1.82) is 0 Å². The van der Waals surface area contributed by atoms with E-state index in [2.05, 4.69) is 66.5 Å². The Morgan fingerprint density at radius 1 is 0.941 bits per heavy atom. The fraction of sp³-hybridized carbons (Fsp3) is 0.125. The van der Waals surface area contributed by atoms with Crippen molar-refractivity contribution in [3.8, 4) is 0 Å². The van der Waals surface area contributed by atoms with Crippen LogP contribution >= 0.6 is 0 Å². The fourth-order valence-corrected chi connectivity index (χ4v) is 2.45. The summed E-state index contributed by atoms with van der Waals surface area (Å²) < 4.78 is 0. The zero-order valence-corrected chi connectivity index (χ0v) is 9.69. The van der Waals surface area contributed by atoms with Gasteiger partial charge in [-0.3, -0.25) is 0 Å².